The molecule has 1 aromatic heterocycles. The van der Waals surface area contributed by atoms with Crippen molar-refractivity contribution in [1.82, 2.24) is 10.3 Å². The first-order valence-corrected chi connectivity index (χ1v) is 8.85. The second kappa shape index (κ2) is 8.92. The summed E-state index contributed by atoms with van der Waals surface area (Å²) in [7, 11) is 1.63. The van der Waals surface area contributed by atoms with E-state index in [-0.39, 0.29) is 24.7 Å². The highest BCUT2D eigenvalue weighted by Crippen LogP contribution is 2.26. The number of rotatable bonds is 8. The van der Waals surface area contributed by atoms with Gasteiger partial charge in [-0.3, -0.25) is 4.79 Å². The van der Waals surface area contributed by atoms with Crippen LogP contribution in [0.5, 0.6) is 0 Å². The smallest absolute Gasteiger partial charge is 0.263 e. The summed E-state index contributed by atoms with van der Waals surface area (Å²) in [4.78, 5) is 17.7. The number of carbonyl (C=O) groups is 1. The number of nitrogens with one attached hydrogen (secondary N) is 1. The number of thiazole rings is 1. The van der Waals surface area contributed by atoms with Crippen LogP contribution < -0.4 is 5.32 Å². The third kappa shape index (κ3) is 4.63. The first-order valence-electron chi connectivity index (χ1n) is 8.03. The largest absolute Gasteiger partial charge is 0.396 e. The predicted molar refractivity (Wildman–Crippen MR) is 95.2 cm³/mol. The molecule has 0 aliphatic carbocycles. The summed E-state index contributed by atoms with van der Waals surface area (Å²) in [5.41, 5.74) is 1.75. The Balaban J connectivity index is 2.17. The molecular formula is C18H24N2O3S. The molecule has 2 unspecified atom stereocenters. The van der Waals surface area contributed by atoms with E-state index in [1.807, 2.05) is 44.2 Å². The summed E-state index contributed by atoms with van der Waals surface area (Å²) in [6, 6.07) is 9.68. The number of nitrogens with zero attached hydrogens (tertiary/aromatic N) is 1. The van der Waals surface area contributed by atoms with Gasteiger partial charge in [0, 0.05) is 13.7 Å². The van der Waals surface area contributed by atoms with Gasteiger partial charge in [-0.05, 0) is 32.3 Å². The van der Waals surface area contributed by atoms with Crippen LogP contribution in [0.4, 0.5) is 0 Å². The quantitative estimate of drug-likeness (QED) is 0.767. The van der Waals surface area contributed by atoms with E-state index in [2.05, 4.69) is 10.3 Å². The standard InChI is InChI=1S/C18H24N2O3S/c1-12-16(24-18(19-12)13(2)23-3)17(22)20-15(10-7-11-21)14-8-5-4-6-9-14/h4-6,8-9,13,15,21H,7,10-11H2,1-3H3,(H,20,22). The molecule has 2 rings (SSSR count). The number of benzene rings is 1. The highest BCUT2D eigenvalue weighted by Gasteiger charge is 2.21. The van der Waals surface area contributed by atoms with Crippen molar-refractivity contribution < 1.29 is 14.6 Å². The summed E-state index contributed by atoms with van der Waals surface area (Å²) in [6.07, 6.45) is 1.19. The number of hydrogen-bond acceptors (Lipinski definition) is 5. The molecule has 0 saturated carbocycles. The van der Waals surface area contributed by atoms with Gasteiger partial charge in [0.15, 0.2) is 0 Å². The van der Waals surface area contributed by atoms with Crippen molar-refractivity contribution in [3.8, 4) is 0 Å². The number of amides is 1. The third-order valence-corrected chi connectivity index (χ3v) is 5.20. The average molecular weight is 348 g/mol. The monoisotopic (exact) mass is 348 g/mol. The van der Waals surface area contributed by atoms with Crippen LogP contribution in [0.1, 0.15) is 57.8 Å². The molecule has 1 aromatic carbocycles. The van der Waals surface area contributed by atoms with Crippen LogP contribution in [0, 0.1) is 6.92 Å². The molecule has 2 atom stereocenters. The fourth-order valence-electron chi connectivity index (χ4n) is 2.43. The molecular weight excluding hydrogens is 324 g/mol. The van der Waals surface area contributed by atoms with Crippen molar-refractivity contribution in [2.45, 2.75) is 38.8 Å². The number of aryl methyl sites for hydroxylation is 1. The first kappa shape index (κ1) is 18.6. The maximum Gasteiger partial charge on any atom is 0.263 e. The minimum atomic E-state index is -0.133. The van der Waals surface area contributed by atoms with Gasteiger partial charge in [0.2, 0.25) is 0 Å². The highest BCUT2D eigenvalue weighted by molar-refractivity contribution is 7.13. The van der Waals surface area contributed by atoms with E-state index < -0.39 is 0 Å². The lowest BCUT2D eigenvalue weighted by Crippen LogP contribution is -2.28. The lowest BCUT2D eigenvalue weighted by Gasteiger charge is -2.18. The first-order chi connectivity index (χ1) is 11.6. The fraction of sp³-hybridized carbons (Fsp3) is 0.444. The maximum atomic E-state index is 12.7. The number of methoxy groups -OCH3 is 1. The number of carbonyl (C=O) groups excluding carboxylic acids is 1. The fourth-order valence-corrected chi connectivity index (χ4v) is 3.43. The van der Waals surface area contributed by atoms with Crippen molar-refractivity contribution in [1.29, 1.82) is 0 Å². The van der Waals surface area contributed by atoms with E-state index in [1.54, 1.807) is 7.11 Å². The molecule has 24 heavy (non-hydrogen) atoms. The van der Waals surface area contributed by atoms with E-state index >= 15 is 0 Å². The number of ether oxygens (including phenoxy) is 1. The van der Waals surface area contributed by atoms with Gasteiger partial charge in [0.1, 0.15) is 16.0 Å². The number of aliphatic hydroxyl groups excluding tert-OH is 1. The van der Waals surface area contributed by atoms with E-state index in [4.69, 9.17) is 9.84 Å². The summed E-state index contributed by atoms with van der Waals surface area (Å²) in [5, 5.41) is 13.0. The molecule has 0 fully saturated rings. The Labute approximate surface area is 146 Å². The van der Waals surface area contributed by atoms with Crippen LogP contribution in [-0.2, 0) is 4.74 Å². The molecule has 0 radical (unpaired) electrons. The van der Waals surface area contributed by atoms with Crippen molar-refractivity contribution in [3.05, 3.63) is 51.5 Å². The lowest BCUT2D eigenvalue weighted by molar-refractivity contribution is 0.0935. The Bertz CT molecular complexity index is 658. The SMILES string of the molecule is COC(C)c1nc(C)c(C(=O)NC(CCCO)c2ccccc2)s1. The zero-order valence-corrected chi connectivity index (χ0v) is 15.1. The van der Waals surface area contributed by atoms with Gasteiger partial charge in [-0.1, -0.05) is 30.3 Å². The summed E-state index contributed by atoms with van der Waals surface area (Å²) in [6.45, 7) is 3.85. The molecule has 1 amide bonds. The van der Waals surface area contributed by atoms with Crippen molar-refractivity contribution in [2.24, 2.45) is 0 Å². The molecule has 130 valence electrons. The molecule has 0 saturated heterocycles. The van der Waals surface area contributed by atoms with Gasteiger partial charge >= 0.3 is 0 Å². The Morgan fingerprint density at radius 3 is 2.71 bits per heavy atom. The van der Waals surface area contributed by atoms with Gasteiger partial charge < -0.3 is 15.2 Å². The van der Waals surface area contributed by atoms with E-state index in [0.29, 0.717) is 23.4 Å². The van der Waals surface area contributed by atoms with Crippen LogP contribution >= 0.6 is 11.3 Å². The van der Waals surface area contributed by atoms with Crippen LogP contribution in [0.3, 0.4) is 0 Å². The summed E-state index contributed by atoms with van der Waals surface area (Å²) >= 11 is 1.36. The third-order valence-electron chi connectivity index (χ3n) is 3.88. The molecule has 0 aliphatic rings. The molecule has 0 bridgehead atoms. The topological polar surface area (TPSA) is 71.5 Å². The van der Waals surface area contributed by atoms with E-state index in [9.17, 15) is 4.79 Å². The van der Waals surface area contributed by atoms with Crippen molar-refractivity contribution in [2.75, 3.05) is 13.7 Å². The highest BCUT2D eigenvalue weighted by atomic mass is 32.1. The minimum absolute atomic E-state index is 0.105. The second-order valence-corrected chi connectivity index (χ2v) is 6.68. The molecule has 6 heteroatoms. The van der Waals surface area contributed by atoms with Gasteiger partial charge in [0.05, 0.1) is 11.7 Å². The molecule has 0 spiro atoms. The molecule has 2 N–H and O–H groups in total. The van der Waals surface area contributed by atoms with Crippen LogP contribution in [0.15, 0.2) is 30.3 Å². The summed E-state index contributed by atoms with van der Waals surface area (Å²) < 4.78 is 5.28. The normalized spacial score (nSPS) is 13.5. The molecule has 0 aliphatic heterocycles. The number of aromatic nitrogens is 1. The lowest BCUT2D eigenvalue weighted by atomic mass is 10.0. The van der Waals surface area contributed by atoms with Gasteiger partial charge in [0.25, 0.3) is 5.91 Å². The Morgan fingerprint density at radius 2 is 2.08 bits per heavy atom. The molecule has 2 aromatic rings. The number of hydrogen-bond donors (Lipinski definition) is 2. The summed E-state index contributed by atoms with van der Waals surface area (Å²) in [5.74, 6) is -0.133. The molecule has 1 heterocycles. The zero-order valence-electron chi connectivity index (χ0n) is 14.3. The average Bonchev–Trinajstić information content (AvgIpc) is 3.00. The van der Waals surface area contributed by atoms with Crippen molar-refractivity contribution in [3.63, 3.8) is 0 Å². The van der Waals surface area contributed by atoms with E-state index in [0.717, 1.165) is 10.6 Å². The predicted octanol–water partition coefficient (Wildman–Crippen LogP) is 3.40. The Kier molecular flexibility index (Phi) is 6.90. The zero-order chi connectivity index (χ0) is 17.5. The van der Waals surface area contributed by atoms with Crippen LogP contribution in [-0.4, -0.2) is 29.7 Å². The van der Waals surface area contributed by atoms with Gasteiger partial charge in [-0.15, -0.1) is 11.3 Å². The minimum Gasteiger partial charge on any atom is -0.396 e. The van der Waals surface area contributed by atoms with Crippen LogP contribution in [0.25, 0.3) is 0 Å². The Morgan fingerprint density at radius 1 is 1.38 bits per heavy atom. The Hall–Kier alpha value is -1.76. The number of aliphatic hydroxyl groups is 1. The van der Waals surface area contributed by atoms with Gasteiger partial charge in [-0.2, -0.15) is 0 Å². The maximum absolute atomic E-state index is 12.7. The molecule has 5 nitrogen and oxygen atoms in total. The van der Waals surface area contributed by atoms with Crippen LogP contribution in [0.2, 0.25) is 0 Å². The van der Waals surface area contributed by atoms with Crippen molar-refractivity contribution >= 4 is 17.2 Å². The van der Waals surface area contributed by atoms with Gasteiger partial charge in [-0.25, -0.2) is 4.98 Å². The second-order valence-electron chi connectivity index (χ2n) is 5.65. The van der Waals surface area contributed by atoms with E-state index in [1.165, 1.54) is 11.3 Å².